The molecule has 1 aromatic carbocycles. The lowest BCUT2D eigenvalue weighted by Crippen LogP contribution is -2.43. The summed E-state index contributed by atoms with van der Waals surface area (Å²) in [5.74, 6) is 0. The van der Waals surface area contributed by atoms with E-state index in [9.17, 15) is 10.1 Å². The molecule has 4 nitrogen and oxygen atoms in total. The van der Waals surface area contributed by atoms with Crippen molar-refractivity contribution in [2.75, 3.05) is 18.0 Å². The summed E-state index contributed by atoms with van der Waals surface area (Å²) in [5.41, 5.74) is 1.11. The summed E-state index contributed by atoms with van der Waals surface area (Å²) >= 11 is 0. The third-order valence-corrected chi connectivity index (χ3v) is 3.07. The molecule has 1 aliphatic rings. The van der Waals surface area contributed by atoms with Crippen LogP contribution in [0.25, 0.3) is 0 Å². The number of rotatable bonds is 3. The van der Waals surface area contributed by atoms with E-state index in [2.05, 4.69) is 4.90 Å². The number of hydrogen-bond acceptors (Lipinski definition) is 3. The molecule has 16 heavy (non-hydrogen) atoms. The van der Waals surface area contributed by atoms with E-state index in [0.29, 0.717) is 0 Å². The Hall–Kier alpha value is -1.58. The molecule has 1 unspecified atom stereocenters. The monoisotopic (exact) mass is 220 g/mol. The lowest BCUT2D eigenvalue weighted by molar-refractivity contribution is -0.482. The molecule has 4 heteroatoms. The van der Waals surface area contributed by atoms with Gasteiger partial charge in [-0.25, -0.2) is 0 Å². The van der Waals surface area contributed by atoms with E-state index < -0.39 is 0 Å². The van der Waals surface area contributed by atoms with Crippen molar-refractivity contribution in [2.24, 2.45) is 0 Å². The van der Waals surface area contributed by atoms with E-state index in [1.165, 1.54) is 0 Å². The fraction of sp³-hybridized carbons (Fsp3) is 0.500. The van der Waals surface area contributed by atoms with Gasteiger partial charge >= 0.3 is 0 Å². The van der Waals surface area contributed by atoms with Crippen molar-refractivity contribution < 1.29 is 4.92 Å². The zero-order valence-corrected chi connectivity index (χ0v) is 9.21. The first-order valence-electron chi connectivity index (χ1n) is 5.71. The minimum Gasteiger partial charge on any atom is -0.362 e. The number of nitro groups is 1. The molecule has 0 amide bonds. The highest BCUT2D eigenvalue weighted by Crippen LogP contribution is 2.24. The summed E-state index contributed by atoms with van der Waals surface area (Å²) in [5, 5.41) is 10.6. The molecule has 0 N–H and O–H groups in total. The molecule has 86 valence electrons. The molecular formula is C12H16N2O2. The largest absolute Gasteiger partial charge is 0.362 e. The van der Waals surface area contributed by atoms with Gasteiger partial charge in [0.1, 0.15) is 0 Å². The van der Waals surface area contributed by atoms with Crippen molar-refractivity contribution in [3.63, 3.8) is 0 Å². The zero-order valence-electron chi connectivity index (χ0n) is 9.21. The van der Waals surface area contributed by atoms with Gasteiger partial charge in [-0.1, -0.05) is 18.2 Å². The van der Waals surface area contributed by atoms with E-state index in [1.54, 1.807) is 0 Å². The first-order valence-corrected chi connectivity index (χ1v) is 5.71. The Bertz CT molecular complexity index is 353. The molecule has 0 spiro atoms. The molecule has 0 bridgehead atoms. The summed E-state index contributed by atoms with van der Waals surface area (Å²) < 4.78 is 0. The number of anilines is 1. The molecule has 1 fully saturated rings. The van der Waals surface area contributed by atoms with Crippen LogP contribution in [-0.2, 0) is 0 Å². The van der Waals surface area contributed by atoms with Crippen molar-refractivity contribution in [1.29, 1.82) is 0 Å². The minimum atomic E-state index is -0.202. The number of para-hydroxylation sites is 1. The maximum atomic E-state index is 10.6. The average Bonchev–Trinajstić information content (AvgIpc) is 2.30. The van der Waals surface area contributed by atoms with Gasteiger partial charge in [0.25, 0.3) is 0 Å². The van der Waals surface area contributed by atoms with E-state index in [0.717, 1.165) is 31.5 Å². The van der Waals surface area contributed by atoms with Crippen LogP contribution < -0.4 is 4.90 Å². The first-order chi connectivity index (χ1) is 7.77. The standard InChI is InChI=1S/C12H16N2O2/c15-14(16)10-12-8-4-5-9-13(12)11-6-2-1-3-7-11/h1-3,6-7,12H,4-5,8-10H2. The molecule has 0 saturated carbocycles. The molecule has 1 aromatic rings. The molecule has 1 atom stereocenters. The lowest BCUT2D eigenvalue weighted by Gasteiger charge is -2.35. The van der Waals surface area contributed by atoms with Crippen LogP contribution in [0.5, 0.6) is 0 Å². The summed E-state index contributed by atoms with van der Waals surface area (Å²) in [6.07, 6.45) is 3.15. The Morgan fingerprint density at radius 2 is 2.06 bits per heavy atom. The van der Waals surface area contributed by atoms with Crippen molar-refractivity contribution in [2.45, 2.75) is 25.3 Å². The van der Waals surface area contributed by atoms with E-state index in [1.807, 2.05) is 30.3 Å². The molecule has 1 aliphatic heterocycles. The number of hydrogen-bond donors (Lipinski definition) is 0. The fourth-order valence-corrected chi connectivity index (χ4v) is 2.32. The topological polar surface area (TPSA) is 46.4 Å². The lowest BCUT2D eigenvalue weighted by atomic mass is 10.0. The predicted molar refractivity (Wildman–Crippen MR) is 63.3 cm³/mol. The molecular weight excluding hydrogens is 204 g/mol. The Labute approximate surface area is 95.0 Å². The van der Waals surface area contributed by atoms with Gasteiger partial charge in [-0.15, -0.1) is 0 Å². The van der Waals surface area contributed by atoms with Gasteiger partial charge in [0, 0.05) is 17.2 Å². The second kappa shape index (κ2) is 4.96. The van der Waals surface area contributed by atoms with Crippen molar-refractivity contribution in [3.05, 3.63) is 40.4 Å². The normalized spacial score (nSPS) is 20.8. The maximum absolute atomic E-state index is 10.6. The zero-order chi connectivity index (χ0) is 11.4. The summed E-state index contributed by atoms with van der Waals surface area (Å²) in [7, 11) is 0. The summed E-state index contributed by atoms with van der Waals surface area (Å²) in [4.78, 5) is 12.6. The van der Waals surface area contributed by atoms with Gasteiger partial charge in [0.15, 0.2) is 0 Å². The third-order valence-electron chi connectivity index (χ3n) is 3.07. The summed E-state index contributed by atoms with van der Waals surface area (Å²) in [6, 6.07) is 10.0. The van der Waals surface area contributed by atoms with Gasteiger partial charge in [0.05, 0.1) is 6.04 Å². The molecule has 2 rings (SSSR count). The smallest absolute Gasteiger partial charge is 0.223 e. The summed E-state index contributed by atoms with van der Waals surface area (Å²) in [6.45, 7) is 0.984. The molecule has 0 radical (unpaired) electrons. The molecule has 0 aliphatic carbocycles. The Morgan fingerprint density at radius 1 is 1.31 bits per heavy atom. The van der Waals surface area contributed by atoms with Crippen LogP contribution >= 0.6 is 0 Å². The molecule has 0 aromatic heterocycles. The van der Waals surface area contributed by atoms with E-state index >= 15 is 0 Å². The fourth-order valence-electron chi connectivity index (χ4n) is 2.32. The van der Waals surface area contributed by atoms with E-state index in [-0.39, 0.29) is 17.5 Å². The highest BCUT2D eigenvalue weighted by Gasteiger charge is 2.26. The van der Waals surface area contributed by atoms with Crippen molar-refractivity contribution in [3.8, 4) is 0 Å². The quantitative estimate of drug-likeness (QED) is 0.580. The van der Waals surface area contributed by atoms with Crippen LogP contribution in [0.15, 0.2) is 30.3 Å². The highest BCUT2D eigenvalue weighted by molar-refractivity contribution is 5.47. The second-order valence-electron chi connectivity index (χ2n) is 4.19. The average molecular weight is 220 g/mol. The highest BCUT2D eigenvalue weighted by atomic mass is 16.6. The SMILES string of the molecule is O=[N+]([O-])CC1CCCCN1c1ccccc1. The van der Waals surface area contributed by atoms with Crippen LogP contribution in [0.1, 0.15) is 19.3 Å². The van der Waals surface area contributed by atoms with Crippen LogP contribution in [0.3, 0.4) is 0 Å². The van der Waals surface area contributed by atoms with E-state index in [4.69, 9.17) is 0 Å². The van der Waals surface area contributed by atoms with Crippen LogP contribution in [0.2, 0.25) is 0 Å². The maximum Gasteiger partial charge on any atom is 0.223 e. The number of benzene rings is 1. The second-order valence-corrected chi connectivity index (χ2v) is 4.19. The van der Waals surface area contributed by atoms with Gasteiger partial charge in [0.2, 0.25) is 6.54 Å². The Morgan fingerprint density at radius 3 is 2.75 bits per heavy atom. The van der Waals surface area contributed by atoms with Gasteiger partial charge in [-0.05, 0) is 31.4 Å². The van der Waals surface area contributed by atoms with Crippen LogP contribution in [0.4, 0.5) is 5.69 Å². The van der Waals surface area contributed by atoms with Crippen LogP contribution in [0, 0.1) is 10.1 Å². The molecule has 1 saturated heterocycles. The van der Waals surface area contributed by atoms with Gasteiger partial charge < -0.3 is 4.90 Å². The van der Waals surface area contributed by atoms with Gasteiger partial charge in [-0.2, -0.15) is 0 Å². The first kappa shape index (κ1) is 10.9. The van der Waals surface area contributed by atoms with Crippen molar-refractivity contribution in [1.82, 2.24) is 0 Å². The Kier molecular flexibility index (Phi) is 3.39. The van der Waals surface area contributed by atoms with Gasteiger partial charge in [-0.3, -0.25) is 10.1 Å². The third kappa shape index (κ3) is 2.51. The number of piperidine rings is 1. The predicted octanol–water partition coefficient (Wildman–Crippen LogP) is 2.32. The van der Waals surface area contributed by atoms with Crippen molar-refractivity contribution >= 4 is 5.69 Å². The Balaban J connectivity index is 2.13. The van der Waals surface area contributed by atoms with Crippen LogP contribution in [-0.4, -0.2) is 24.1 Å². The molecule has 1 heterocycles. The number of nitrogens with zero attached hydrogens (tertiary/aromatic N) is 2. The minimum absolute atomic E-state index is 0.0505.